The van der Waals surface area contributed by atoms with E-state index in [1.54, 1.807) is 80.0 Å². The first-order valence-electron chi connectivity index (χ1n) is 9.49. The topological polar surface area (TPSA) is 93.0 Å². The van der Waals surface area contributed by atoms with Gasteiger partial charge in [0.1, 0.15) is 5.75 Å². The van der Waals surface area contributed by atoms with Gasteiger partial charge in [-0.15, -0.1) is 5.11 Å². The van der Waals surface area contributed by atoms with Gasteiger partial charge in [0.05, 0.1) is 34.6 Å². The van der Waals surface area contributed by atoms with Crippen LogP contribution in [0.4, 0.5) is 17.1 Å². The van der Waals surface area contributed by atoms with Crippen LogP contribution < -0.4 is 9.46 Å². The fourth-order valence-electron chi connectivity index (χ4n) is 3.01. The third kappa shape index (κ3) is 4.54. The molecule has 0 atom stereocenters. The summed E-state index contributed by atoms with van der Waals surface area (Å²) >= 11 is 0. The lowest BCUT2D eigenvalue weighted by Crippen LogP contribution is -2.13. The van der Waals surface area contributed by atoms with Gasteiger partial charge < -0.3 is 4.74 Å². The van der Waals surface area contributed by atoms with Crippen LogP contribution in [0.5, 0.6) is 5.75 Å². The summed E-state index contributed by atoms with van der Waals surface area (Å²) in [6, 6.07) is 20.8. The van der Waals surface area contributed by atoms with Crippen molar-refractivity contribution >= 4 is 38.0 Å². The van der Waals surface area contributed by atoms with Crippen molar-refractivity contribution < 1.29 is 13.2 Å². The summed E-state index contributed by atoms with van der Waals surface area (Å²) in [7, 11) is -2.15. The predicted octanol–water partition coefficient (Wildman–Crippen LogP) is 5.77. The van der Waals surface area contributed by atoms with Gasteiger partial charge in [0.2, 0.25) is 0 Å². The summed E-state index contributed by atoms with van der Waals surface area (Å²) in [5.74, 6) is 0.735. The van der Waals surface area contributed by atoms with Crippen LogP contribution in [0.1, 0.15) is 5.56 Å². The molecule has 4 aromatic rings. The van der Waals surface area contributed by atoms with Gasteiger partial charge in [-0.1, -0.05) is 17.7 Å². The Morgan fingerprint density at radius 3 is 2.35 bits per heavy atom. The molecule has 7 nitrogen and oxygen atoms in total. The summed E-state index contributed by atoms with van der Waals surface area (Å²) in [6.07, 6.45) is 1.61. The highest BCUT2D eigenvalue weighted by Crippen LogP contribution is 2.32. The number of aromatic nitrogens is 1. The highest BCUT2D eigenvalue weighted by atomic mass is 32.2. The number of pyridine rings is 1. The van der Waals surface area contributed by atoms with Crippen molar-refractivity contribution in [2.24, 2.45) is 10.2 Å². The second-order valence-electron chi connectivity index (χ2n) is 6.85. The van der Waals surface area contributed by atoms with Crippen LogP contribution >= 0.6 is 0 Å². The Morgan fingerprint density at radius 2 is 1.65 bits per heavy atom. The molecular weight excluding hydrogens is 412 g/mol. The van der Waals surface area contributed by atoms with Gasteiger partial charge in [0, 0.05) is 11.6 Å². The molecule has 0 saturated heterocycles. The van der Waals surface area contributed by atoms with Crippen molar-refractivity contribution in [3.63, 3.8) is 0 Å². The van der Waals surface area contributed by atoms with Gasteiger partial charge in [-0.3, -0.25) is 9.71 Å². The van der Waals surface area contributed by atoms with E-state index < -0.39 is 10.0 Å². The van der Waals surface area contributed by atoms with Crippen LogP contribution in [0.15, 0.2) is 94.1 Å². The van der Waals surface area contributed by atoms with Crippen molar-refractivity contribution in [2.45, 2.75) is 11.8 Å². The maximum Gasteiger partial charge on any atom is 0.261 e. The van der Waals surface area contributed by atoms with Crippen LogP contribution in [-0.2, 0) is 10.0 Å². The lowest BCUT2D eigenvalue weighted by Gasteiger charge is -2.11. The number of nitrogens with one attached hydrogen (secondary N) is 1. The Labute approximate surface area is 180 Å². The van der Waals surface area contributed by atoms with E-state index in [0.29, 0.717) is 28.0 Å². The third-order valence-corrected chi connectivity index (χ3v) is 6.05. The molecule has 156 valence electrons. The van der Waals surface area contributed by atoms with E-state index >= 15 is 0 Å². The second-order valence-corrected chi connectivity index (χ2v) is 8.53. The standard InChI is InChI=1S/C23H20N4O3S/c1-16-5-11-19(12-6-16)31(28,29)27-22-14-13-21(20-4-3-15-24-23(20)22)26-25-17-7-9-18(30-2)10-8-17/h3-15,27H,1-2H3/b26-25+. The maximum absolute atomic E-state index is 12.8. The first-order valence-corrected chi connectivity index (χ1v) is 11.0. The summed E-state index contributed by atoms with van der Waals surface area (Å²) in [5.41, 5.74) is 3.10. The number of rotatable bonds is 6. The zero-order chi connectivity index (χ0) is 21.8. The first kappa shape index (κ1) is 20.5. The molecule has 0 spiro atoms. The van der Waals surface area contributed by atoms with E-state index in [4.69, 9.17) is 4.74 Å². The minimum absolute atomic E-state index is 0.186. The summed E-state index contributed by atoms with van der Waals surface area (Å²) in [4.78, 5) is 4.55. The number of hydrogen-bond donors (Lipinski definition) is 1. The average Bonchev–Trinajstić information content (AvgIpc) is 2.79. The van der Waals surface area contributed by atoms with Crippen LogP contribution in [-0.4, -0.2) is 20.5 Å². The molecular formula is C23H20N4O3S. The predicted molar refractivity (Wildman–Crippen MR) is 121 cm³/mol. The Hall–Kier alpha value is -3.78. The quantitative estimate of drug-likeness (QED) is 0.392. The molecule has 1 N–H and O–H groups in total. The van der Waals surface area contributed by atoms with E-state index in [-0.39, 0.29) is 4.90 Å². The number of fused-ring (bicyclic) bond motifs is 1. The SMILES string of the molecule is COc1ccc(/N=N/c2ccc(NS(=O)(=O)c3ccc(C)cc3)c3ncccc23)cc1. The number of nitrogens with zero attached hydrogens (tertiary/aromatic N) is 3. The van der Waals surface area contributed by atoms with E-state index in [1.807, 2.05) is 13.0 Å². The van der Waals surface area contributed by atoms with Crippen molar-refractivity contribution in [3.8, 4) is 5.75 Å². The Bertz CT molecular complexity index is 1350. The zero-order valence-corrected chi connectivity index (χ0v) is 17.8. The van der Waals surface area contributed by atoms with E-state index in [0.717, 1.165) is 11.3 Å². The molecule has 31 heavy (non-hydrogen) atoms. The molecule has 0 amide bonds. The molecule has 0 fully saturated rings. The minimum atomic E-state index is -3.75. The molecule has 0 aliphatic carbocycles. The molecule has 0 radical (unpaired) electrons. The largest absolute Gasteiger partial charge is 0.497 e. The van der Waals surface area contributed by atoms with Crippen LogP contribution in [0.25, 0.3) is 10.9 Å². The van der Waals surface area contributed by atoms with Crippen molar-refractivity contribution in [3.05, 3.63) is 84.6 Å². The number of methoxy groups -OCH3 is 1. The van der Waals surface area contributed by atoms with Gasteiger partial charge in [-0.25, -0.2) is 8.42 Å². The molecule has 4 rings (SSSR count). The van der Waals surface area contributed by atoms with E-state index in [9.17, 15) is 8.42 Å². The molecule has 0 bridgehead atoms. The number of benzene rings is 3. The minimum Gasteiger partial charge on any atom is -0.497 e. The molecule has 0 aliphatic heterocycles. The van der Waals surface area contributed by atoms with Crippen molar-refractivity contribution in [2.75, 3.05) is 11.8 Å². The monoisotopic (exact) mass is 432 g/mol. The number of ether oxygens (including phenoxy) is 1. The van der Waals surface area contributed by atoms with Crippen molar-refractivity contribution in [1.82, 2.24) is 4.98 Å². The maximum atomic E-state index is 12.8. The normalized spacial score (nSPS) is 11.7. The molecule has 0 aliphatic rings. The highest BCUT2D eigenvalue weighted by Gasteiger charge is 2.17. The summed E-state index contributed by atoms with van der Waals surface area (Å²) in [5, 5.41) is 9.28. The summed E-state index contributed by atoms with van der Waals surface area (Å²) in [6.45, 7) is 1.90. The Morgan fingerprint density at radius 1 is 0.903 bits per heavy atom. The molecule has 8 heteroatoms. The van der Waals surface area contributed by atoms with Gasteiger partial charge in [0.15, 0.2) is 0 Å². The lowest BCUT2D eigenvalue weighted by molar-refractivity contribution is 0.415. The molecule has 0 saturated carbocycles. The summed E-state index contributed by atoms with van der Waals surface area (Å²) < 4.78 is 33.4. The fraction of sp³-hybridized carbons (Fsp3) is 0.0870. The Kier molecular flexibility index (Phi) is 5.64. The number of aryl methyl sites for hydroxylation is 1. The van der Waals surface area contributed by atoms with Crippen molar-refractivity contribution in [1.29, 1.82) is 0 Å². The smallest absolute Gasteiger partial charge is 0.261 e. The van der Waals surface area contributed by atoms with Gasteiger partial charge in [-0.2, -0.15) is 5.11 Å². The van der Waals surface area contributed by atoms with Crippen LogP contribution in [0, 0.1) is 6.92 Å². The fourth-order valence-corrected chi connectivity index (χ4v) is 4.08. The molecule has 1 heterocycles. The lowest BCUT2D eigenvalue weighted by atomic mass is 10.1. The number of hydrogen-bond acceptors (Lipinski definition) is 6. The first-order chi connectivity index (χ1) is 15.0. The number of azo groups is 1. The zero-order valence-electron chi connectivity index (χ0n) is 17.0. The molecule has 1 aromatic heterocycles. The van der Waals surface area contributed by atoms with Gasteiger partial charge in [-0.05, 0) is 67.6 Å². The Balaban J connectivity index is 1.68. The third-order valence-electron chi connectivity index (χ3n) is 4.67. The van der Waals surface area contributed by atoms with Gasteiger partial charge >= 0.3 is 0 Å². The number of anilines is 1. The van der Waals surface area contributed by atoms with E-state index in [2.05, 4.69) is 19.9 Å². The van der Waals surface area contributed by atoms with Crippen LogP contribution in [0.2, 0.25) is 0 Å². The number of sulfonamides is 1. The average molecular weight is 433 g/mol. The van der Waals surface area contributed by atoms with Crippen LogP contribution in [0.3, 0.4) is 0 Å². The molecule has 0 unspecified atom stereocenters. The van der Waals surface area contributed by atoms with Gasteiger partial charge in [0.25, 0.3) is 10.0 Å². The molecule has 3 aromatic carbocycles. The highest BCUT2D eigenvalue weighted by molar-refractivity contribution is 7.92. The van der Waals surface area contributed by atoms with E-state index in [1.165, 1.54) is 0 Å². The second kappa shape index (κ2) is 8.53.